The van der Waals surface area contributed by atoms with Crippen LogP contribution in [0.2, 0.25) is 0 Å². The molecule has 2 aliphatic heterocycles. The molecule has 1 unspecified atom stereocenters. The smallest absolute Gasteiger partial charge is 0.224 e. The van der Waals surface area contributed by atoms with Gasteiger partial charge in [-0.3, -0.25) is 4.79 Å². The first-order valence-electron chi connectivity index (χ1n) is 10.3. The van der Waals surface area contributed by atoms with E-state index < -0.39 is 0 Å². The zero-order chi connectivity index (χ0) is 18.6. The Bertz CT molecular complexity index is 784. The van der Waals surface area contributed by atoms with Crippen LogP contribution in [0, 0.1) is 0 Å². The lowest BCUT2D eigenvalue weighted by Crippen LogP contribution is -2.40. The molecule has 0 spiro atoms. The number of likely N-dealkylation sites (tertiary alicyclic amines) is 1. The number of carbonyl (C=O) groups excluding carboxylic acids is 1. The van der Waals surface area contributed by atoms with E-state index >= 15 is 0 Å². The molecule has 2 aliphatic rings. The molecule has 2 aromatic rings. The first-order valence-corrected chi connectivity index (χ1v) is 10.3. The molecule has 1 saturated heterocycles. The summed E-state index contributed by atoms with van der Waals surface area (Å²) in [6, 6.07) is 8.50. The minimum Gasteiger partial charge on any atom is -0.338 e. The number of nitrogens with zero attached hydrogens (tertiary/aromatic N) is 4. The van der Waals surface area contributed by atoms with Gasteiger partial charge in [0.05, 0.1) is 0 Å². The summed E-state index contributed by atoms with van der Waals surface area (Å²) < 4.78 is 2.25. The Balaban J connectivity index is 1.30. The number of aromatic nitrogens is 2. The molecular formula is C22H30N4O. The maximum atomic E-state index is 12.7. The van der Waals surface area contributed by atoms with E-state index in [-0.39, 0.29) is 0 Å². The molecule has 1 aromatic carbocycles. The van der Waals surface area contributed by atoms with Crippen LogP contribution in [0.3, 0.4) is 0 Å². The Morgan fingerprint density at radius 2 is 2.07 bits per heavy atom. The number of rotatable bonds is 5. The van der Waals surface area contributed by atoms with Gasteiger partial charge in [0.15, 0.2) is 0 Å². The summed E-state index contributed by atoms with van der Waals surface area (Å²) in [5, 5.41) is 0. The zero-order valence-electron chi connectivity index (χ0n) is 16.3. The molecule has 0 aliphatic carbocycles. The van der Waals surface area contributed by atoms with Gasteiger partial charge in [-0.1, -0.05) is 24.3 Å². The Labute approximate surface area is 162 Å². The van der Waals surface area contributed by atoms with E-state index in [0.29, 0.717) is 18.2 Å². The number of fused-ring (bicyclic) bond motifs is 1. The van der Waals surface area contributed by atoms with Crippen LogP contribution in [0.4, 0.5) is 0 Å². The summed E-state index contributed by atoms with van der Waals surface area (Å²) in [5.41, 5.74) is 2.70. The summed E-state index contributed by atoms with van der Waals surface area (Å²) in [7, 11) is 0. The second kappa shape index (κ2) is 8.26. The highest BCUT2D eigenvalue weighted by Crippen LogP contribution is 2.26. The normalized spacial score (nSPS) is 20.5. The van der Waals surface area contributed by atoms with Crippen molar-refractivity contribution in [3.8, 4) is 0 Å². The lowest BCUT2D eigenvalue weighted by atomic mass is 9.96. The van der Waals surface area contributed by atoms with Crippen molar-refractivity contribution in [3.05, 3.63) is 53.6 Å². The predicted octanol–water partition coefficient (Wildman–Crippen LogP) is 3.06. The van der Waals surface area contributed by atoms with Crippen LogP contribution in [-0.4, -0.2) is 51.4 Å². The van der Waals surface area contributed by atoms with Crippen LogP contribution in [0.5, 0.6) is 0 Å². The molecule has 27 heavy (non-hydrogen) atoms. The van der Waals surface area contributed by atoms with Crippen LogP contribution >= 0.6 is 0 Å². The fourth-order valence-corrected chi connectivity index (χ4v) is 4.54. The van der Waals surface area contributed by atoms with Gasteiger partial charge in [-0.15, -0.1) is 0 Å². The molecule has 1 fully saturated rings. The third kappa shape index (κ3) is 4.08. The summed E-state index contributed by atoms with van der Waals surface area (Å²) >= 11 is 0. The van der Waals surface area contributed by atoms with Crippen LogP contribution < -0.4 is 0 Å². The van der Waals surface area contributed by atoms with Gasteiger partial charge >= 0.3 is 0 Å². The van der Waals surface area contributed by atoms with Gasteiger partial charge in [-0.25, -0.2) is 4.98 Å². The van der Waals surface area contributed by atoms with Gasteiger partial charge in [-0.2, -0.15) is 0 Å². The summed E-state index contributed by atoms with van der Waals surface area (Å²) in [6.45, 7) is 7.74. The van der Waals surface area contributed by atoms with Crippen LogP contribution in [0.15, 0.2) is 36.7 Å². The van der Waals surface area contributed by atoms with Crippen molar-refractivity contribution in [2.45, 2.75) is 51.6 Å². The maximum Gasteiger partial charge on any atom is 0.224 e. The summed E-state index contributed by atoms with van der Waals surface area (Å²) in [4.78, 5) is 21.8. The van der Waals surface area contributed by atoms with Crippen molar-refractivity contribution in [2.75, 3.05) is 26.2 Å². The molecule has 1 aromatic heterocycles. The van der Waals surface area contributed by atoms with E-state index in [4.69, 9.17) is 0 Å². The molecule has 144 valence electrons. The van der Waals surface area contributed by atoms with Crippen molar-refractivity contribution in [1.82, 2.24) is 19.4 Å². The molecule has 0 saturated carbocycles. The zero-order valence-corrected chi connectivity index (χ0v) is 16.3. The van der Waals surface area contributed by atoms with Gasteiger partial charge < -0.3 is 14.4 Å². The van der Waals surface area contributed by atoms with Crippen LogP contribution in [0.25, 0.3) is 0 Å². The number of imidazole rings is 1. The van der Waals surface area contributed by atoms with E-state index in [1.54, 1.807) is 0 Å². The van der Waals surface area contributed by atoms with E-state index in [1.807, 2.05) is 11.1 Å². The molecule has 0 radical (unpaired) electrons. The SMILES string of the molecule is CCn1ccnc1C1CCCN(CCC(=O)N2CCc3ccccc3C2)C1. The third-order valence-electron chi connectivity index (χ3n) is 6.08. The summed E-state index contributed by atoms with van der Waals surface area (Å²) in [5.74, 6) is 1.99. The van der Waals surface area contributed by atoms with Crippen molar-refractivity contribution in [1.29, 1.82) is 0 Å². The quantitative estimate of drug-likeness (QED) is 0.817. The second-order valence-electron chi connectivity index (χ2n) is 7.80. The molecule has 0 N–H and O–H groups in total. The topological polar surface area (TPSA) is 41.4 Å². The minimum absolute atomic E-state index is 0.293. The number of amides is 1. The number of aryl methyl sites for hydroxylation is 1. The van der Waals surface area contributed by atoms with E-state index in [9.17, 15) is 4.79 Å². The van der Waals surface area contributed by atoms with Gasteiger partial charge in [0, 0.05) is 57.5 Å². The van der Waals surface area contributed by atoms with Crippen molar-refractivity contribution in [3.63, 3.8) is 0 Å². The molecule has 5 nitrogen and oxygen atoms in total. The first-order chi connectivity index (χ1) is 13.2. The molecule has 1 atom stereocenters. The number of hydrogen-bond donors (Lipinski definition) is 0. The average Bonchev–Trinajstić information content (AvgIpc) is 3.21. The Morgan fingerprint density at radius 1 is 1.22 bits per heavy atom. The average molecular weight is 367 g/mol. The molecule has 4 rings (SSSR count). The van der Waals surface area contributed by atoms with Gasteiger partial charge in [-0.05, 0) is 43.9 Å². The lowest BCUT2D eigenvalue weighted by molar-refractivity contribution is -0.132. The Kier molecular flexibility index (Phi) is 5.58. The van der Waals surface area contributed by atoms with Gasteiger partial charge in [0.2, 0.25) is 5.91 Å². The third-order valence-corrected chi connectivity index (χ3v) is 6.08. The number of carbonyl (C=O) groups is 1. The molecule has 0 bridgehead atoms. The van der Waals surface area contributed by atoms with Crippen LogP contribution in [-0.2, 0) is 24.3 Å². The number of hydrogen-bond acceptors (Lipinski definition) is 3. The molecule has 3 heterocycles. The van der Waals surface area contributed by atoms with Crippen molar-refractivity contribution >= 4 is 5.91 Å². The van der Waals surface area contributed by atoms with Gasteiger partial charge in [0.1, 0.15) is 5.82 Å². The number of benzene rings is 1. The highest BCUT2D eigenvalue weighted by atomic mass is 16.2. The molecule has 5 heteroatoms. The molecular weight excluding hydrogens is 336 g/mol. The highest BCUT2D eigenvalue weighted by Gasteiger charge is 2.26. The second-order valence-corrected chi connectivity index (χ2v) is 7.80. The lowest BCUT2D eigenvalue weighted by Gasteiger charge is -2.33. The van der Waals surface area contributed by atoms with E-state index in [1.165, 1.54) is 29.8 Å². The van der Waals surface area contributed by atoms with Gasteiger partial charge in [0.25, 0.3) is 0 Å². The van der Waals surface area contributed by atoms with E-state index in [0.717, 1.165) is 45.7 Å². The number of piperidine rings is 1. The van der Waals surface area contributed by atoms with Crippen LogP contribution in [0.1, 0.15) is 49.1 Å². The fraction of sp³-hybridized carbons (Fsp3) is 0.545. The van der Waals surface area contributed by atoms with Crippen molar-refractivity contribution < 1.29 is 4.79 Å². The summed E-state index contributed by atoms with van der Waals surface area (Å²) in [6.07, 6.45) is 7.98. The first kappa shape index (κ1) is 18.2. The molecule has 1 amide bonds. The monoisotopic (exact) mass is 366 g/mol. The fourth-order valence-electron chi connectivity index (χ4n) is 4.54. The standard InChI is InChI=1S/C22H30N4O/c1-2-25-15-11-23-22(25)20-8-5-12-24(16-20)13-10-21(27)26-14-9-18-6-3-4-7-19(18)17-26/h3-4,6-7,11,15,20H,2,5,8-10,12-14,16-17H2,1H3. The maximum absolute atomic E-state index is 12.7. The van der Waals surface area contributed by atoms with Crippen molar-refractivity contribution in [2.24, 2.45) is 0 Å². The largest absolute Gasteiger partial charge is 0.338 e. The highest BCUT2D eigenvalue weighted by molar-refractivity contribution is 5.76. The van der Waals surface area contributed by atoms with E-state index in [2.05, 4.69) is 51.8 Å². The Hall–Kier alpha value is -2.14. The Morgan fingerprint density at radius 3 is 2.93 bits per heavy atom. The predicted molar refractivity (Wildman–Crippen MR) is 106 cm³/mol. The minimum atomic E-state index is 0.293.